The molecule has 4 unspecified atom stereocenters. The second kappa shape index (κ2) is 12.5. The highest BCUT2D eigenvalue weighted by Crippen LogP contribution is 2.38. The lowest BCUT2D eigenvalue weighted by molar-refractivity contribution is -0.148. The zero-order chi connectivity index (χ0) is 26.5. The van der Waals surface area contributed by atoms with Crippen molar-refractivity contribution in [2.75, 3.05) is 33.4 Å². The number of carbonyl (C=O) groups is 3. The average Bonchev–Trinajstić information content (AvgIpc) is 3.56. The molecule has 2 aliphatic carbocycles. The van der Waals surface area contributed by atoms with Crippen LogP contribution in [0.1, 0.15) is 42.5 Å². The Morgan fingerprint density at radius 1 is 1.30 bits per heavy atom. The van der Waals surface area contributed by atoms with Crippen LogP contribution in [0.2, 0.25) is 0 Å². The lowest BCUT2D eigenvalue weighted by Crippen LogP contribution is -2.57. The van der Waals surface area contributed by atoms with E-state index in [0.29, 0.717) is 58.0 Å². The molecule has 1 aromatic rings. The summed E-state index contributed by atoms with van der Waals surface area (Å²) >= 11 is 2.02. The number of carbonyl (C=O) groups excluding carboxylic acids is 3. The van der Waals surface area contributed by atoms with Crippen molar-refractivity contribution >= 4 is 40.7 Å². The molecule has 202 valence electrons. The number of amides is 2. The molecule has 0 radical (unpaired) electrons. The Morgan fingerprint density at radius 2 is 2.08 bits per heavy atom. The summed E-state index contributed by atoms with van der Waals surface area (Å²) in [5.74, 6) is 0.420. The van der Waals surface area contributed by atoms with Crippen molar-refractivity contribution in [3.8, 4) is 11.5 Å². The number of aliphatic hydroxyl groups is 2. The maximum atomic E-state index is 13.5. The van der Waals surface area contributed by atoms with Gasteiger partial charge in [-0.3, -0.25) is 14.4 Å². The molecular weight excluding hydrogens is 595 g/mol. The van der Waals surface area contributed by atoms with E-state index in [2.05, 4.69) is 5.32 Å². The molecule has 4 rings (SSSR count). The topological polar surface area (TPSA) is 135 Å². The van der Waals surface area contributed by atoms with Crippen LogP contribution >= 0.6 is 22.6 Å². The molecule has 0 aromatic heterocycles. The van der Waals surface area contributed by atoms with Crippen LogP contribution in [0.4, 0.5) is 0 Å². The number of halogens is 1. The van der Waals surface area contributed by atoms with Crippen LogP contribution in [0.15, 0.2) is 23.8 Å². The third kappa shape index (κ3) is 6.62. The van der Waals surface area contributed by atoms with Gasteiger partial charge in [0.25, 0.3) is 5.91 Å². The fourth-order valence-corrected chi connectivity index (χ4v) is 5.52. The number of nitrogens with zero attached hydrogens (tertiary/aromatic N) is 1. The summed E-state index contributed by atoms with van der Waals surface area (Å²) < 4.78 is 17.9. The number of aldehydes is 1. The average molecular weight is 628 g/mol. The van der Waals surface area contributed by atoms with Crippen molar-refractivity contribution in [1.29, 1.82) is 0 Å². The number of hydrogen-bond acceptors (Lipinski definition) is 8. The van der Waals surface area contributed by atoms with Gasteiger partial charge in [0.1, 0.15) is 24.6 Å². The molecule has 4 atom stereocenters. The van der Waals surface area contributed by atoms with Gasteiger partial charge in [-0.1, -0.05) is 0 Å². The van der Waals surface area contributed by atoms with Crippen molar-refractivity contribution in [2.24, 2.45) is 5.92 Å². The highest BCUT2D eigenvalue weighted by atomic mass is 127. The van der Waals surface area contributed by atoms with E-state index < -0.39 is 30.3 Å². The van der Waals surface area contributed by atoms with Gasteiger partial charge in [-0.25, -0.2) is 0 Å². The summed E-state index contributed by atoms with van der Waals surface area (Å²) in [6.07, 6.45) is 3.19. The van der Waals surface area contributed by atoms with Crippen LogP contribution in [0, 0.1) is 9.49 Å². The SMILES string of the molecule is COc1cc(C=O)cc(I)c1OC1C=C(C(=O)NCCO)CC(N(CC2CC2)C(=O)C2CCCO2)C1O. The van der Waals surface area contributed by atoms with Gasteiger partial charge in [0, 0.05) is 37.3 Å². The zero-order valence-corrected chi connectivity index (χ0v) is 22.9. The largest absolute Gasteiger partial charge is 0.493 e. The van der Waals surface area contributed by atoms with Crippen LogP contribution in [0.3, 0.4) is 0 Å². The summed E-state index contributed by atoms with van der Waals surface area (Å²) in [6, 6.07) is 2.47. The molecule has 2 fully saturated rings. The van der Waals surface area contributed by atoms with Gasteiger partial charge in [0.2, 0.25) is 5.91 Å². The monoisotopic (exact) mass is 628 g/mol. The van der Waals surface area contributed by atoms with Crippen LogP contribution in [0.25, 0.3) is 0 Å². The molecule has 3 N–H and O–H groups in total. The third-order valence-electron chi connectivity index (χ3n) is 6.90. The molecule has 0 bridgehead atoms. The number of benzene rings is 1. The van der Waals surface area contributed by atoms with Crippen molar-refractivity contribution < 1.29 is 38.8 Å². The second-order valence-corrected chi connectivity index (χ2v) is 10.8. The summed E-state index contributed by atoms with van der Waals surface area (Å²) in [5.41, 5.74) is 0.765. The first kappa shape index (κ1) is 27.8. The van der Waals surface area contributed by atoms with Gasteiger partial charge in [-0.2, -0.15) is 0 Å². The van der Waals surface area contributed by atoms with Gasteiger partial charge in [-0.15, -0.1) is 0 Å². The Hall–Kier alpha value is -2.22. The Balaban J connectivity index is 1.67. The number of methoxy groups -OCH3 is 1. The third-order valence-corrected chi connectivity index (χ3v) is 7.70. The van der Waals surface area contributed by atoms with Crippen LogP contribution in [0.5, 0.6) is 11.5 Å². The van der Waals surface area contributed by atoms with Crippen molar-refractivity contribution in [1.82, 2.24) is 10.2 Å². The molecule has 1 heterocycles. The molecule has 11 heteroatoms. The Bertz CT molecular complexity index is 1040. The maximum Gasteiger partial charge on any atom is 0.252 e. The first-order valence-corrected chi connectivity index (χ1v) is 13.6. The number of ether oxygens (including phenoxy) is 3. The smallest absolute Gasteiger partial charge is 0.252 e. The highest BCUT2D eigenvalue weighted by molar-refractivity contribution is 14.1. The number of rotatable bonds is 11. The minimum Gasteiger partial charge on any atom is -0.493 e. The van der Waals surface area contributed by atoms with E-state index in [1.54, 1.807) is 17.0 Å². The standard InChI is InChI=1S/C26H33IN2O8/c1-35-22-10-16(14-31)9-18(27)24(22)37-21-12-17(25(33)28-6-7-30)11-19(23(21)32)29(13-15-4-5-15)26(34)20-3-2-8-36-20/h9-10,12,14-15,19-21,23,30,32H,2-8,11,13H2,1H3,(H,28,33). The molecule has 1 saturated heterocycles. The first-order chi connectivity index (χ1) is 17.9. The first-order valence-electron chi connectivity index (χ1n) is 12.6. The Labute approximate surface area is 229 Å². The fourth-order valence-electron chi connectivity index (χ4n) is 4.76. The molecule has 10 nitrogen and oxygen atoms in total. The predicted molar refractivity (Wildman–Crippen MR) is 142 cm³/mol. The summed E-state index contributed by atoms with van der Waals surface area (Å²) in [6.45, 7) is 0.868. The lowest BCUT2D eigenvalue weighted by atomic mass is 9.87. The molecule has 3 aliphatic rings. The van der Waals surface area contributed by atoms with Crippen molar-refractivity contribution in [2.45, 2.75) is 56.5 Å². The van der Waals surface area contributed by atoms with Crippen LogP contribution in [-0.4, -0.2) is 91.0 Å². The minimum atomic E-state index is -1.13. The maximum absolute atomic E-state index is 13.5. The fraction of sp³-hybridized carbons (Fsp3) is 0.577. The normalized spacial score (nSPS) is 25.2. The summed E-state index contributed by atoms with van der Waals surface area (Å²) in [5, 5.41) is 23.4. The van der Waals surface area contributed by atoms with Gasteiger partial charge in [-0.05, 0) is 72.4 Å². The molecule has 37 heavy (non-hydrogen) atoms. The lowest BCUT2D eigenvalue weighted by Gasteiger charge is -2.41. The molecule has 1 aromatic carbocycles. The zero-order valence-electron chi connectivity index (χ0n) is 20.7. The summed E-state index contributed by atoms with van der Waals surface area (Å²) in [7, 11) is 1.45. The molecule has 2 amide bonds. The van der Waals surface area contributed by atoms with E-state index in [-0.39, 0.29) is 25.5 Å². The Morgan fingerprint density at radius 3 is 2.70 bits per heavy atom. The molecule has 1 aliphatic heterocycles. The number of hydrogen-bond donors (Lipinski definition) is 3. The minimum absolute atomic E-state index is 0.0778. The van der Waals surface area contributed by atoms with Crippen molar-refractivity contribution in [3.05, 3.63) is 32.9 Å². The second-order valence-electron chi connectivity index (χ2n) is 9.60. The van der Waals surface area contributed by atoms with Crippen LogP contribution in [-0.2, 0) is 14.3 Å². The number of aliphatic hydroxyl groups excluding tert-OH is 2. The van der Waals surface area contributed by atoms with Crippen LogP contribution < -0.4 is 14.8 Å². The molecule has 1 saturated carbocycles. The predicted octanol–water partition coefficient (Wildman–Crippen LogP) is 1.45. The molecular formula is C26H33IN2O8. The Kier molecular flexibility index (Phi) is 9.43. The van der Waals surface area contributed by atoms with Gasteiger partial charge >= 0.3 is 0 Å². The summed E-state index contributed by atoms with van der Waals surface area (Å²) in [4.78, 5) is 39.5. The van der Waals surface area contributed by atoms with Gasteiger partial charge in [0.05, 0.1) is 23.3 Å². The van der Waals surface area contributed by atoms with Gasteiger partial charge < -0.3 is 34.6 Å². The molecule has 0 spiro atoms. The number of nitrogens with one attached hydrogen (secondary N) is 1. The van der Waals surface area contributed by atoms with E-state index in [1.165, 1.54) is 13.2 Å². The van der Waals surface area contributed by atoms with E-state index in [1.807, 2.05) is 22.6 Å². The highest BCUT2D eigenvalue weighted by Gasteiger charge is 2.44. The van der Waals surface area contributed by atoms with E-state index >= 15 is 0 Å². The van der Waals surface area contributed by atoms with E-state index in [9.17, 15) is 19.5 Å². The van der Waals surface area contributed by atoms with Gasteiger partial charge in [0.15, 0.2) is 11.5 Å². The van der Waals surface area contributed by atoms with Crippen molar-refractivity contribution in [3.63, 3.8) is 0 Å². The quantitative estimate of drug-likeness (QED) is 0.248. The van der Waals surface area contributed by atoms with E-state index in [0.717, 1.165) is 19.3 Å². The van der Waals surface area contributed by atoms with E-state index in [4.69, 9.17) is 19.3 Å².